The summed E-state index contributed by atoms with van der Waals surface area (Å²) >= 11 is 1.18. The first kappa shape index (κ1) is 11.0. The molecule has 0 aliphatic carbocycles. The van der Waals surface area contributed by atoms with Crippen molar-refractivity contribution in [1.82, 2.24) is 14.9 Å². The molecule has 84 valence electrons. The molecule has 0 aliphatic heterocycles. The van der Waals surface area contributed by atoms with E-state index in [1.165, 1.54) is 23.7 Å². The molecule has 1 unspecified atom stereocenters. The molecular formula is C8H8N4O2S2. The molecular weight excluding hydrogens is 248 g/mol. The van der Waals surface area contributed by atoms with Gasteiger partial charge in [-0.3, -0.25) is 4.21 Å². The normalized spacial score (nSPS) is 12.3. The van der Waals surface area contributed by atoms with E-state index in [4.69, 9.17) is 5.21 Å². The smallest absolute Gasteiger partial charge is 0.233 e. The minimum atomic E-state index is -1.13. The molecule has 2 rings (SSSR count). The maximum atomic E-state index is 11.1. The van der Waals surface area contributed by atoms with Crippen molar-refractivity contribution in [3.05, 3.63) is 29.9 Å². The summed E-state index contributed by atoms with van der Waals surface area (Å²) in [7, 11) is -1.13. The fraction of sp³-hybridized carbons (Fsp3) is 0.125. The van der Waals surface area contributed by atoms with E-state index in [1.54, 1.807) is 18.4 Å². The molecule has 6 nitrogen and oxygen atoms in total. The van der Waals surface area contributed by atoms with Crippen LogP contribution < -0.4 is 5.36 Å². The Morgan fingerprint density at radius 3 is 2.69 bits per heavy atom. The van der Waals surface area contributed by atoms with Crippen molar-refractivity contribution in [2.75, 3.05) is 6.26 Å². The monoisotopic (exact) mass is 256 g/mol. The van der Waals surface area contributed by atoms with Crippen LogP contribution in [0, 0.1) is 0 Å². The zero-order valence-corrected chi connectivity index (χ0v) is 9.90. The molecule has 0 fully saturated rings. The molecule has 0 saturated carbocycles. The van der Waals surface area contributed by atoms with Crippen molar-refractivity contribution in [1.29, 1.82) is 0 Å². The highest BCUT2D eigenvalue weighted by Gasteiger charge is 2.05. The number of aromatic nitrogens is 3. The summed E-state index contributed by atoms with van der Waals surface area (Å²) in [5.41, 5.74) is 0. The second-order valence-electron chi connectivity index (χ2n) is 2.85. The van der Waals surface area contributed by atoms with Crippen LogP contribution >= 0.6 is 11.3 Å². The Kier molecular flexibility index (Phi) is 3.11. The van der Waals surface area contributed by atoms with Crippen molar-refractivity contribution in [2.24, 2.45) is 4.99 Å². The predicted molar refractivity (Wildman–Crippen MR) is 59.1 cm³/mol. The van der Waals surface area contributed by atoms with Gasteiger partial charge >= 0.3 is 0 Å². The molecule has 0 radical (unpaired) electrons. The quantitative estimate of drug-likeness (QED) is 0.795. The molecule has 1 atom stereocenters. The van der Waals surface area contributed by atoms with Crippen LogP contribution in [0.2, 0.25) is 0 Å². The highest BCUT2D eigenvalue weighted by Crippen LogP contribution is 2.19. The number of rotatable bonds is 2. The standard InChI is InChI=1S/C8H8N4O2S2/c1-16(14)8-11-10-7(15-8)9-6-2-4-12(13)5-3-6/h2-5,13H,1H3. The van der Waals surface area contributed by atoms with Crippen LogP contribution in [0.3, 0.4) is 0 Å². The molecule has 1 N–H and O–H groups in total. The average molecular weight is 256 g/mol. The van der Waals surface area contributed by atoms with Crippen molar-refractivity contribution in [2.45, 2.75) is 4.34 Å². The zero-order valence-electron chi connectivity index (χ0n) is 8.27. The minimum absolute atomic E-state index is 0.445. The summed E-state index contributed by atoms with van der Waals surface area (Å²) < 4.78 is 12.5. The predicted octanol–water partition coefficient (Wildman–Crippen LogP) is 0.547. The van der Waals surface area contributed by atoms with E-state index in [1.807, 2.05) is 0 Å². The van der Waals surface area contributed by atoms with Crippen LogP contribution in [-0.2, 0) is 10.8 Å². The van der Waals surface area contributed by atoms with Crippen LogP contribution in [-0.4, -0.2) is 30.6 Å². The molecule has 0 bridgehead atoms. The molecule has 0 amide bonds. The summed E-state index contributed by atoms with van der Waals surface area (Å²) in [4.78, 5) is 4.17. The number of hydrogen-bond acceptors (Lipinski definition) is 6. The lowest BCUT2D eigenvalue weighted by molar-refractivity contribution is 0.184. The van der Waals surface area contributed by atoms with Gasteiger partial charge < -0.3 is 5.21 Å². The first-order valence-electron chi connectivity index (χ1n) is 4.24. The minimum Gasteiger partial charge on any atom is -0.429 e. The van der Waals surface area contributed by atoms with Crippen molar-refractivity contribution < 1.29 is 9.42 Å². The number of nitrogens with zero attached hydrogens (tertiary/aromatic N) is 4. The highest BCUT2D eigenvalue weighted by molar-refractivity contribution is 7.86. The van der Waals surface area contributed by atoms with E-state index < -0.39 is 10.8 Å². The van der Waals surface area contributed by atoms with Crippen LogP contribution in [0.1, 0.15) is 0 Å². The van der Waals surface area contributed by atoms with E-state index in [-0.39, 0.29) is 0 Å². The van der Waals surface area contributed by atoms with Gasteiger partial charge in [0.25, 0.3) is 0 Å². The molecule has 16 heavy (non-hydrogen) atoms. The lowest BCUT2D eigenvalue weighted by Crippen LogP contribution is -2.02. The Hall–Kier alpha value is -1.54. The average Bonchev–Trinajstić information content (AvgIpc) is 2.70. The lowest BCUT2D eigenvalue weighted by Gasteiger charge is -1.92. The second kappa shape index (κ2) is 4.54. The third-order valence-electron chi connectivity index (χ3n) is 1.66. The first-order valence-corrected chi connectivity index (χ1v) is 6.62. The van der Waals surface area contributed by atoms with E-state index >= 15 is 0 Å². The maximum absolute atomic E-state index is 11.1. The van der Waals surface area contributed by atoms with Gasteiger partial charge in [0.05, 0.1) is 16.2 Å². The van der Waals surface area contributed by atoms with Crippen LogP contribution in [0.15, 0.2) is 33.9 Å². The van der Waals surface area contributed by atoms with Gasteiger partial charge in [-0.15, -0.1) is 10.2 Å². The molecule has 2 aromatic heterocycles. The molecule has 0 aromatic carbocycles. The van der Waals surface area contributed by atoms with E-state index in [0.717, 1.165) is 4.73 Å². The van der Waals surface area contributed by atoms with Crippen LogP contribution in [0.4, 0.5) is 5.13 Å². The maximum Gasteiger partial charge on any atom is 0.233 e. The van der Waals surface area contributed by atoms with E-state index in [0.29, 0.717) is 14.8 Å². The molecule has 8 heteroatoms. The van der Waals surface area contributed by atoms with Gasteiger partial charge in [0.15, 0.2) is 0 Å². The van der Waals surface area contributed by atoms with Gasteiger partial charge in [0, 0.05) is 18.6 Å². The van der Waals surface area contributed by atoms with Crippen molar-refractivity contribution in [3.8, 4) is 0 Å². The molecule has 0 spiro atoms. The van der Waals surface area contributed by atoms with Gasteiger partial charge in [0.2, 0.25) is 9.47 Å². The fourth-order valence-electron chi connectivity index (χ4n) is 0.960. The fourth-order valence-corrected chi connectivity index (χ4v) is 2.28. The molecule has 0 aliphatic rings. The highest BCUT2D eigenvalue weighted by atomic mass is 32.2. The summed E-state index contributed by atoms with van der Waals surface area (Å²) in [6.45, 7) is 0. The topological polar surface area (TPSA) is 80.4 Å². The SMILES string of the molecule is CS(=O)c1nnc(N=c2ccn(O)cc2)s1. The Balaban J connectivity index is 2.35. The van der Waals surface area contributed by atoms with Crippen LogP contribution in [0.25, 0.3) is 0 Å². The Labute approximate surface area is 97.3 Å². The third-order valence-corrected chi connectivity index (χ3v) is 3.80. The largest absolute Gasteiger partial charge is 0.429 e. The molecule has 2 aromatic rings. The third kappa shape index (κ3) is 2.52. The summed E-state index contributed by atoms with van der Waals surface area (Å²) in [6.07, 6.45) is 4.46. The van der Waals surface area contributed by atoms with Crippen molar-refractivity contribution in [3.63, 3.8) is 0 Å². The molecule has 0 saturated heterocycles. The Morgan fingerprint density at radius 1 is 1.44 bits per heavy atom. The van der Waals surface area contributed by atoms with Gasteiger partial charge in [-0.05, 0) is 12.1 Å². The van der Waals surface area contributed by atoms with Gasteiger partial charge in [-0.25, -0.2) is 9.72 Å². The first-order chi connectivity index (χ1) is 7.65. The summed E-state index contributed by atoms with van der Waals surface area (Å²) in [6, 6.07) is 3.26. The Bertz CT molecular complexity index is 569. The summed E-state index contributed by atoms with van der Waals surface area (Å²) in [5, 5.41) is 17.6. The number of pyridine rings is 1. The summed E-state index contributed by atoms with van der Waals surface area (Å²) in [5.74, 6) is 0. The molecule has 2 heterocycles. The van der Waals surface area contributed by atoms with Gasteiger partial charge in [-0.2, -0.15) is 0 Å². The lowest BCUT2D eigenvalue weighted by atomic mass is 10.5. The van der Waals surface area contributed by atoms with Gasteiger partial charge in [0.1, 0.15) is 0 Å². The number of hydrogen-bond donors (Lipinski definition) is 1. The Morgan fingerprint density at radius 2 is 2.12 bits per heavy atom. The zero-order chi connectivity index (χ0) is 11.5. The van der Waals surface area contributed by atoms with Crippen LogP contribution in [0.5, 0.6) is 0 Å². The van der Waals surface area contributed by atoms with Gasteiger partial charge in [-0.1, -0.05) is 11.3 Å². The van der Waals surface area contributed by atoms with E-state index in [2.05, 4.69) is 15.2 Å². The van der Waals surface area contributed by atoms with E-state index in [9.17, 15) is 4.21 Å². The second-order valence-corrected chi connectivity index (χ2v) is 5.36. The van der Waals surface area contributed by atoms with Crippen molar-refractivity contribution >= 4 is 27.3 Å².